The van der Waals surface area contributed by atoms with Crippen molar-refractivity contribution in [2.45, 2.75) is 13.5 Å². The van der Waals surface area contributed by atoms with E-state index < -0.39 is 0 Å². The second kappa shape index (κ2) is 7.70. The standard InChI is InChI=1S/C22H16N4O2S/c1-14-18-21(24-13-26(22(18)28)12-15-6-3-2-4-7-15)29-19(14)20(27)25-17-9-5-8-16(10-17)11-23/h2-10,13H,12H2,1H3,(H,25,27). The predicted molar refractivity (Wildman–Crippen MR) is 113 cm³/mol. The van der Waals surface area contributed by atoms with E-state index in [-0.39, 0.29) is 11.5 Å². The molecule has 2 aromatic heterocycles. The van der Waals surface area contributed by atoms with Gasteiger partial charge in [-0.1, -0.05) is 36.4 Å². The fourth-order valence-electron chi connectivity index (χ4n) is 3.12. The van der Waals surface area contributed by atoms with Gasteiger partial charge in [0.2, 0.25) is 0 Å². The summed E-state index contributed by atoms with van der Waals surface area (Å²) in [6.45, 7) is 2.18. The maximum atomic E-state index is 13.0. The molecule has 0 spiro atoms. The molecule has 0 aliphatic rings. The van der Waals surface area contributed by atoms with Crippen molar-refractivity contribution in [3.05, 3.63) is 92.8 Å². The highest BCUT2D eigenvalue weighted by molar-refractivity contribution is 7.20. The summed E-state index contributed by atoms with van der Waals surface area (Å²) in [4.78, 5) is 31.1. The first-order chi connectivity index (χ1) is 14.1. The van der Waals surface area contributed by atoms with E-state index in [0.717, 1.165) is 5.56 Å². The van der Waals surface area contributed by atoms with Crippen LogP contribution in [0.2, 0.25) is 0 Å². The largest absolute Gasteiger partial charge is 0.321 e. The first-order valence-electron chi connectivity index (χ1n) is 8.91. The lowest BCUT2D eigenvalue weighted by molar-refractivity contribution is 0.103. The molecule has 6 nitrogen and oxygen atoms in total. The third-order valence-corrected chi connectivity index (χ3v) is 5.77. The van der Waals surface area contributed by atoms with Crippen LogP contribution in [0.3, 0.4) is 0 Å². The monoisotopic (exact) mass is 400 g/mol. The molecule has 0 saturated heterocycles. The highest BCUT2D eigenvalue weighted by atomic mass is 32.1. The summed E-state index contributed by atoms with van der Waals surface area (Å²) in [6, 6.07) is 18.4. The molecule has 2 aromatic carbocycles. The first kappa shape index (κ1) is 18.6. The van der Waals surface area contributed by atoms with Crippen molar-refractivity contribution in [3.63, 3.8) is 0 Å². The van der Waals surface area contributed by atoms with Gasteiger partial charge < -0.3 is 5.32 Å². The Morgan fingerprint density at radius 1 is 1.21 bits per heavy atom. The van der Waals surface area contributed by atoms with Crippen molar-refractivity contribution >= 4 is 33.1 Å². The van der Waals surface area contributed by atoms with Gasteiger partial charge in [0.1, 0.15) is 4.83 Å². The third-order valence-electron chi connectivity index (χ3n) is 4.57. The molecule has 4 aromatic rings. The number of carbonyl (C=O) groups is 1. The molecule has 0 saturated carbocycles. The molecule has 0 unspecified atom stereocenters. The molecule has 0 aliphatic heterocycles. The number of carbonyl (C=O) groups excluding carboxylic acids is 1. The SMILES string of the molecule is Cc1c(C(=O)Nc2cccc(C#N)c2)sc2ncn(Cc3ccccc3)c(=O)c12. The van der Waals surface area contributed by atoms with E-state index in [1.807, 2.05) is 36.4 Å². The molecule has 0 radical (unpaired) electrons. The molecule has 7 heteroatoms. The Bertz CT molecular complexity index is 1320. The molecule has 2 heterocycles. The molecule has 29 heavy (non-hydrogen) atoms. The zero-order chi connectivity index (χ0) is 20.4. The van der Waals surface area contributed by atoms with Crippen LogP contribution in [0.4, 0.5) is 5.69 Å². The summed E-state index contributed by atoms with van der Waals surface area (Å²) in [5, 5.41) is 12.3. The molecule has 142 valence electrons. The molecule has 0 atom stereocenters. The number of aromatic nitrogens is 2. The lowest BCUT2D eigenvalue weighted by atomic mass is 10.2. The van der Waals surface area contributed by atoms with E-state index in [0.29, 0.717) is 38.5 Å². The van der Waals surface area contributed by atoms with Crippen LogP contribution < -0.4 is 10.9 Å². The van der Waals surface area contributed by atoms with E-state index in [9.17, 15) is 9.59 Å². The fourth-order valence-corrected chi connectivity index (χ4v) is 4.16. The average molecular weight is 400 g/mol. The van der Waals surface area contributed by atoms with E-state index in [1.54, 1.807) is 35.8 Å². The minimum Gasteiger partial charge on any atom is -0.321 e. The minimum absolute atomic E-state index is 0.168. The van der Waals surface area contributed by atoms with Crippen molar-refractivity contribution in [1.29, 1.82) is 5.26 Å². The maximum absolute atomic E-state index is 13.0. The molecule has 4 rings (SSSR count). The molecule has 0 aliphatic carbocycles. The first-order valence-corrected chi connectivity index (χ1v) is 9.72. The van der Waals surface area contributed by atoms with Crippen molar-refractivity contribution < 1.29 is 4.79 Å². The number of hydrogen-bond acceptors (Lipinski definition) is 5. The number of amides is 1. The van der Waals surface area contributed by atoms with Gasteiger partial charge in [-0.3, -0.25) is 14.2 Å². The van der Waals surface area contributed by atoms with Gasteiger partial charge in [-0.05, 0) is 36.2 Å². The summed E-state index contributed by atoms with van der Waals surface area (Å²) in [5.74, 6) is -0.324. The number of nitriles is 1. The van der Waals surface area contributed by atoms with Crippen LogP contribution in [0.25, 0.3) is 10.2 Å². The fraction of sp³-hybridized carbons (Fsp3) is 0.0909. The van der Waals surface area contributed by atoms with E-state index in [1.165, 1.54) is 17.7 Å². The highest BCUT2D eigenvalue weighted by Crippen LogP contribution is 2.27. The van der Waals surface area contributed by atoms with E-state index in [2.05, 4.69) is 10.3 Å². The van der Waals surface area contributed by atoms with Crippen LogP contribution >= 0.6 is 11.3 Å². The molecular formula is C22H16N4O2S. The van der Waals surface area contributed by atoms with Gasteiger partial charge >= 0.3 is 0 Å². The lowest BCUT2D eigenvalue weighted by Crippen LogP contribution is -2.21. The number of rotatable bonds is 4. The van der Waals surface area contributed by atoms with Crippen molar-refractivity contribution in [3.8, 4) is 6.07 Å². The normalized spacial score (nSPS) is 10.6. The highest BCUT2D eigenvalue weighted by Gasteiger charge is 2.19. The van der Waals surface area contributed by atoms with Crippen LogP contribution in [0.1, 0.15) is 26.4 Å². The van der Waals surface area contributed by atoms with Gasteiger partial charge in [0, 0.05) is 5.69 Å². The number of thiophene rings is 1. The van der Waals surface area contributed by atoms with Gasteiger partial charge in [-0.25, -0.2) is 4.98 Å². The van der Waals surface area contributed by atoms with Crippen LogP contribution in [0.5, 0.6) is 0 Å². The van der Waals surface area contributed by atoms with Crippen LogP contribution in [-0.4, -0.2) is 15.5 Å². The number of anilines is 1. The van der Waals surface area contributed by atoms with Crippen molar-refractivity contribution in [2.75, 3.05) is 5.32 Å². The molecular weight excluding hydrogens is 384 g/mol. The summed E-state index contributed by atoms with van der Waals surface area (Å²) >= 11 is 1.19. The number of nitrogens with zero attached hydrogens (tertiary/aromatic N) is 3. The Kier molecular flexibility index (Phi) is 4.94. The van der Waals surface area contributed by atoms with Gasteiger partial charge in [0.05, 0.1) is 34.8 Å². The summed E-state index contributed by atoms with van der Waals surface area (Å²) in [7, 11) is 0. The van der Waals surface area contributed by atoms with Gasteiger partial charge in [0.15, 0.2) is 0 Å². The predicted octanol–water partition coefficient (Wildman–Crippen LogP) is 3.94. The van der Waals surface area contributed by atoms with Gasteiger partial charge in [-0.2, -0.15) is 5.26 Å². The van der Waals surface area contributed by atoms with Crippen LogP contribution in [-0.2, 0) is 6.54 Å². The molecule has 1 N–H and O–H groups in total. The van der Waals surface area contributed by atoms with Crippen LogP contribution in [0.15, 0.2) is 65.7 Å². The molecule has 0 fully saturated rings. The Balaban J connectivity index is 1.68. The number of fused-ring (bicyclic) bond motifs is 1. The summed E-state index contributed by atoms with van der Waals surface area (Å²) < 4.78 is 1.55. The Labute approximate surface area is 170 Å². The lowest BCUT2D eigenvalue weighted by Gasteiger charge is -2.06. The second-order valence-electron chi connectivity index (χ2n) is 6.55. The molecule has 0 bridgehead atoms. The summed E-state index contributed by atoms with van der Waals surface area (Å²) in [5.41, 5.74) is 2.43. The number of nitrogens with one attached hydrogen (secondary N) is 1. The third kappa shape index (κ3) is 3.66. The van der Waals surface area contributed by atoms with Crippen LogP contribution in [0, 0.1) is 18.3 Å². The average Bonchev–Trinajstić information content (AvgIpc) is 3.08. The summed E-state index contributed by atoms with van der Waals surface area (Å²) in [6.07, 6.45) is 1.52. The van der Waals surface area contributed by atoms with E-state index in [4.69, 9.17) is 5.26 Å². The second-order valence-corrected chi connectivity index (χ2v) is 7.55. The zero-order valence-corrected chi connectivity index (χ0v) is 16.4. The quantitative estimate of drug-likeness (QED) is 0.562. The number of hydrogen-bond donors (Lipinski definition) is 1. The number of aryl methyl sites for hydroxylation is 1. The van der Waals surface area contributed by atoms with Gasteiger partial charge in [0.25, 0.3) is 11.5 Å². The van der Waals surface area contributed by atoms with Crippen molar-refractivity contribution in [1.82, 2.24) is 9.55 Å². The Morgan fingerprint density at radius 2 is 2.00 bits per heavy atom. The smallest absolute Gasteiger partial charge is 0.266 e. The minimum atomic E-state index is -0.324. The van der Waals surface area contributed by atoms with E-state index >= 15 is 0 Å². The topological polar surface area (TPSA) is 87.8 Å². The number of benzene rings is 2. The van der Waals surface area contributed by atoms with Crippen molar-refractivity contribution in [2.24, 2.45) is 0 Å². The van der Waals surface area contributed by atoms with Gasteiger partial charge in [-0.15, -0.1) is 11.3 Å². The molecule has 1 amide bonds. The Hall–Kier alpha value is -3.76. The Morgan fingerprint density at radius 3 is 2.76 bits per heavy atom. The maximum Gasteiger partial charge on any atom is 0.266 e. The zero-order valence-electron chi connectivity index (χ0n) is 15.5.